The fraction of sp³-hybridized carbons (Fsp3) is 0.235. The van der Waals surface area contributed by atoms with Gasteiger partial charge in [0.05, 0.1) is 29.6 Å². The molecule has 0 bridgehead atoms. The normalized spacial score (nSPS) is 13.0. The first kappa shape index (κ1) is 17.9. The van der Waals surface area contributed by atoms with Gasteiger partial charge in [0.15, 0.2) is 11.5 Å². The summed E-state index contributed by atoms with van der Waals surface area (Å²) in [5.74, 6) is -1.20. The van der Waals surface area contributed by atoms with Crippen molar-refractivity contribution >= 4 is 23.3 Å². The van der Waals surface area contributed by atoms with Crippen molar-refractivity contribution in [2.24, 2.45) is 0 Å². The predicted octanol–water partition coefficient (Wildman–Crippen LogP) is 3.70. The van der Waals surface area contributed by atoms with E-state index in [-0.39, 0.29) is 11.4 Å². The molecule has 0 aliphatic carbocycles. The molecule has 7 nitrogen and oxygen atoms in total. The number of benzene rings is 2. The van der Waals surface area contributed by atoms with Gasteiger partial charge in [-0.2, -0.15) is 0 Å². The van der Waals surface area contributed by atoms with E-state index in [1.165, 1.54) is 6.07 Å². The van der Waals surface area contributed by atoms with Gasteiger partial charge in [0.2, 0.25) is 5.75 Å². The monoisotopic (exact) mass is 381 g/mol. The molecule has 0 N–H and O–H groups in total. The Hall–Kier alpha value is -2.87. The van der Waals surface area contributed by atoms with Crippen LogP contribution in [-0.2, 0) is 11.2 Å². The Morgan fingerprint density at radius 3 is 2.81 bits per heavy atom. The van der Waals surface area contributed by atoms with Crippen LogP contribution in [0.4, 0.5) is 10.1 Å². The Morgan fingerprint density at radius 1 is 1.27 bits per heavy atom. The molecule has 3 rings (SSSR count). The summed E-state index contributed by atoms with van der Waals surface area (Å²) in [4.78, 5) is 22.3. The van der Waals surface area contributed by atoms with Gasteiger partial charge in [-0.25, -0.2) is 4.39 Å². The van der Waals surface area contributed by atoms with Gasteiger partial charge in [-0.1, -0.05) is 11.6 Å². The van der Waals surface area contributed by atoms with Crippen molar-refractivity contribution in [2.45, 2.75) is 12.8 Å². The molecular weight excluding hydrogens is 369 g/mol. The molecule has 9 heteroatoms. The lowest BCUT2D eigenvalue weighted by atomic mass is 10.1. The maximum atomic E-state index is 13.3. The predicted molar refractivity (Wildman–Crippen MR) is 89.5 cm³/mol. The van der Waals surface area contributed by atoms with Gasteiger partial charge in [0, 0.05) is 18.6 Å². The van der Waals surface area contributed by atoms with Crippen molar-refractivity contribution in [2.75, 3.05) is 13.2 Å². The number of nitro groups is 1. The Kier molecular flexibility index (Phi) is 5.22. The molecule has 1 heterocycles. The highest BCUT2D eigenvalue weighted by Crippen LogP contribution is 2.38. The van der Waals surface area contributed by atoms with E-state index in [9.17, 15) is 19.3 Å². The first-order chi connectivity index (χ1) is 12.4. The third kappa shape index (κ3) is 4.02. The summed E-state index contributed by atoms with van der Waals surface area (Å²) in [6, 6.07) is 5.75. The van der Waals surface area contributed by atoms with Crippen LogP contribution in [0.3, 0.4) is 0 Å². The molecule has 0 saturated heterocycles. The van der Waals surface area contributed by atoms with Crippen LogP contribution >= 0.6 is 11.6 Å². The molecule has 0 saturated carbocycles. The second-order valence-electron chi connectivity index (χ2n) is 5.48. The van der Waals surface area contributed by atoms with E-state index < -0.39 is 28.1 Å². The molecule has 0 aromatic heterocycles. The van der Waals surface area contributed by atoms with Crippen LogP contribution < -0.4 is 14.2 Å². The van der Waals surface area contributed by atoms with Gasteiger partial charge in [-0.3, -0.25) is 14.9 Å². The van der Waals surface area contributed by atoms with E-state index in [0.717, 1.165) is 18.2 Å². The molecule has 1 aliphatic rings. The van der Waals surface area contributed by atoms with E-state index in [2.05, 4.69) is 0 Å². The number of carbonyl (C=O) groups excluding carboxylic acids is 1. The minimum Gasteiger partial charge on any atom is -0.489 e. The van der Waals surface area contributed by atoms with Crippen molar-refractivity contribution in [3.05, 3.63) is 56.8 Å². The molecule has 0 unspecified atom stereocenters. The molecule has 136 valence electrons. The van der Waals surface area contributed by atoms with Crippen LogP contribution in [0.5, 0.6) is 17.2 Å². The summed E-state index contributed by atoms with van der Waals surface area (Å²) in [5, 5.41) is 11.2. The summed E-state index contributed by atoms with van der Waals surface area (Å²) >= 11 is 6.16. The SMILES string of the molecule is O=C(Cc1cc(Cl)c2c(c1)OCCCO2)Oc1cc(F)ccc1[N+](=O)[O-]. The number of esters is 1. The third-order valence-corrected chi connectivity index (χ3v) is 3.83. The summed E-state index contributed by atoms with van der Waals surface area (Å²) in [6.07, 6.45) is 0.468. The second-order valence-corrected chi connectivity index (χ2v) is 5.88. The first-order valence-corrected chi connectivity index (χ1v) is 8.04. The Bertz CT molecular complexity index is 873. The second kappa shape index (κ2) is 7.57. The first-order valence-electron chi connectivity index (χ1n) is 7.66. The minimum atomic E-state index is -0.802. The van der Waals surface area contributed by atoms with Gasteiger partial charge in [-0.15, -0.1) is 0 Å². The van der Waals surface area contributed by atoms with Gasteiger partial charge >= 0.3 is 11.7 Å². The highest BCUT2D eigenvalue weighted by atomic mass is 35.5. The highest BCUT2D eigenvalue weighted by Gasteiger charge is 2.21. The molecule has 0 atom stereocenters. The molecule has 2 aromatic carbocycles. The fourth-order valence-corrected chi connectivity index (χ4v) is 2.72. The minimum absolute atomic E-state index is 0.232. The number of rotatable bonds is 4. The van der Waals surface area contributed by atoms with Crippen molar-refractivity contribution in [1.29, 1.82) is 0 Å². The van der Waals surface area contributed by atoms with Crippen LogP contribution in [-0.4, -0.2) is 24.1 Å². The summed E-state index contributed by atoms with van der Waals surface area (Å²) < 4.78 is 29.3. The van der Waals surface area contributed by atoms with E-state index in [4.69, 9.17) is 25.8 Å². The Labute approximate surface area is 152 Å². The number of fused-ring (bicyclic) bond motifs is 1. The maximum Gasteiger partial charge on any atom is 0.315 e. The zero-order chi connectivity index (χ0) is 18.7. The summed E-state index contributed by atoms with van der Waals surface area (Å²) in [6.45, 7) is 0.921. The molecule has 0 fully saturated rings. The van der Waals surface area contributed by atoms with E-state index >= 15 is 0 Å². The van der Waals surface area contributed by atoms with Crippen molar-refractivity contribution in [3.63, 3.8) is 0 Å². The van der Waals surface area contributed by atoms with Crippen LogP contribution in [0.1, 0.15) is 12.0 Å². The standard InChI is InChI=1S/C17H13ClFNO6/c18-12-6-10(7-15-17(12)25-5-1-4-24-15)8-16(21)26-14-9-11(19)2-3-13(14)20(22)23/h2-3,6-7,9H,1,4-5,8H2. The molecule has 0 radical (unpaired) electrons. The number of nitro benzene ring substituents is 1. The third-order valence-electron chi connectivity index (χ3n) is 3.55. The smallest absolute Gasteiger partial charge is 0.315 e. The lowest BCUT2D eigenvalue weighted by molar-refractivity contribution is -0.385. The zero-order valence-electron chi connectivity index (χ0n) is 13.4. The number of carbonyl (C=O) groups is 1. The zero-order valence-corrected chi connectivity index (χ0v) is 14.1. The van der Waals surface area contributed by atoms with Gasteiger partial charge in [0.1, 0.15) is 5.82 Å². The van der Waals surface area contributed by atoms with E-state index in [1.807, 2.05) is 0 Å². The molecule has 2 aromatic rings. The number of halogens is 2. The van der Waals surface area contributed by atoms with Gasteiger partial charge in [0.25, 0.3) is 0 Å². The number of ether oxygens (including phenoxy) is 3. The van der Waals surface area contributed by atoms with E-state index in [0.29, 0.717) is 36.7 Å². The Balaban J connectivity index is 1.79. The molecule has 0 amide bonds. The highest BCUT2D eigenvalue weighted by molar-refractivity contribution is 6.32. The van der Waals surface area contributed by atoms with Crippen LogP contribution in [0.15, 0.2) is 30.3 Å². The maximum absolute atomic E-state index is 13.3. The fourth-order valence-electron chi connectivity index (χ4n) is 2.43. The topological polar surface area (TPSA) is 87.9 Å². The number of hydrogen-bond donors (Lipinski definition) is 0. The van der Waals surface area contributed by atoms with Gasteiger partial charge < -0.3 is 14.2 Å². The van der Waals surface area contributed by atoms with Gasteiger partial charge in [-0.05, 0) is 23.8 Å². The lowest BCUT2D eigenvalue weighted by Gasteiger charge is -2.11. The van der Waals surface area contributed by atoms with Crippen LogP contribution in [0.2, 0.25) is 5.02 Å². The quantitative estimate of drug-likeness (QED) is 0.347. The molecule has 0 spiro atoms. The van der Waals surface area contributed by atoms with Crippen molar-refractivity contribution in [3.8, 4) is 17.2 Å². The molecular formula is C17H13ClFNO6. The Morgan fingerprint density at radius 2 is 2.04 bits per heavy atom. The lowest BCUT2D eigenvalue weighted by Crippen LogP contribution is -2.12. The van der Waals surface area contributed by atoms with E-state index in [1.54, 1.807) is 6.07 Å². The molecule has 26 heavy (non-hydrogen) atoms. The van der Waals surface area contributed by atoms with Crippen molar-refractivity contribution < 1.29 is 28.3 Å². The number of nitrogens with zero attached hydrogens (tertiary/aromatic N) is 1. The van der Waals surface area contributed by atoms with Crippen LogP contribution in [0.25, 0.3) is 0 Å². The van der Waals surface area contributed by atoms with Crippen molar-refractivity contribution in [1.82, 2.24) is 0 Å². The molecule has 1 aliphatic heterocycles. The van der Waals surface area contributed by atoms with Crippen LogP contribution in [0, 0.1) is 15.9 Å². The largest absolute Gasteiger partial charge is 0.489 e. The average Bonchev–Trinajstić information content (AvgIpc) is 2.80. The number of hydrogen-bond acceptors (Lipinski definition) is 6. The summed E-state index contributed by atoms with van der Waals surface area (Å²) in [5.41, 5.74) is -0.0280. The summed E-state index contributed by atoms with van der Waals surface area (Å²) in [7, 11) is 0. The average molecular weight is 382 g/mol.